The summed E-state index contributed by atoms with van der Waals surface area (Å²) < 4.78 is 64.3. The molecule has 0 aliphatic heterocycles. The molecular formula is C15H9F5O. The quantitative estimate of drug-likeness (QED) is 0.607. The first-order valence-electron chi connectivity index (χ1n) is 5.91. The predicted molar refractivity (Wildman–Crippen MR) is 66.0 cm³/mol. The maximum Gasteiger partial charge on any atom is 0.416 e. The molecule has 21 heavy (non-hydrogen) atoms. The van der Waals surface area contributed by atoms with Crippen LogP contribution in [0.25, 0.3) is 0 Å². The average molecular weight is 300 g/mol. The van der Waals surface area contributed by atoms with Crippen LogP contribution in [-0.4, -0.2) is 6.29 Å². The summed E-state index contributed by atoms with van der Waals surface area (Å²) in [6.45, 7) is 0. The molecule has 0 atom stereocenters. The molecule has 2 aromatic carbocycles. The zero-order valence-corrected chi connectivity index (χ0v) is 10.5. The van der Waals surface area contributed by atoms with Crippen molar-refractivity contribution in [2.75, 3.05) is 0 Å². The maximum atomic E-state index is 13.7. The van der Waals surface area contributed by atoms with Crippen LogP contribution >= 0.6 is 0 Å². The number of hydrogen-bond acceptors (Lipinski definition) is 1. The Morgan fingerprint density at radius 2 is 1.52 bits per heavy atom. The van der Waals surface area contributed by atoms with E-state index in [2.05, 4.69) is 0 Å². The fraction of sp³-hybridized carbons (Fsp3) is 0.133. The number of carbonyl (C=O) groups excluding carboxylic acids is 1. The van der Waals surface area contributed by atoms with E-state index in [9.17, 15) is 26.7 Å². The van der Waals surface area contributed by atoms with Gasteiger partial charge < -0.3 is 0 Å². The van der Waals surface area contributed by atoms with Gasteiger partial charge in [-0.2, -0.15) is 13.2 Å². The summed E-state index contributed by atoms with van der Waals surface area (Å²) in [5, 5.41) is 0. The van der Waals surface area contributed by atoms with Gasteiger partial charge in [-0.25, -0.2) is 8.78 Å². The first-order chi connectivity index (χ1) is 9.82. The monoisotopic (exact) mass is 300 g/mol. The highest BCUT2D eigenvalue weighted by Gasteiger charge is 2.29. The van der Waals surface area contributed by atoms with E-state index < -0.39 is 28.9 Å². The summed E-state index contributed by atoms with van der Waals surface area (Å²) in [4.78, 5) is 10.5. The van der Waals surface area contributed by atoms with Crippen LogP contribution in [0.15, 0.2) is 36.4 Å². The lowest BCUT2D eigenvalue weighted by Gasteiger charge is -2.09. The van der Waals surface area contributed by atoms with Crippen molar-refractivity contribution in [3.8, 4) is 0 Å². The third-order valence-corrected chi connectivity index (χ3v) is 2.99. The Morgan fingerprint density at radius 3 is 2.05 bits per heavy atom. The van der Waals surface area contributed by atoms with Crippen LogP contribution in [0.5, 0.6) is 0 Å². The summed E-state index contributed by atoms with van der Waals surface area (Å²) in [5.74, 6) is -2.42. The molecule has 6 heteroatoms. The molecule has 0 heterocycles. The van der Waals surface area contributed by atoms with Gasteiger partial charge in [-0.05, 0) is 29.3 Å². The molecular weight excluding hydrogens is 291 g/mol. The van der Waals surface area contributed by atoms with Gasteiger partial charge in [-0.3, -0.25) is 4.79 Å². The molecule has 1 nitrogen and oxygen atoms in total. The molecule has 0 aromatic heterocycles. The van der Waals surface area contributed by atoms with Gasteiger partial charge >= 0.3 is 6.18 Å². The fourth-order valence-electron chi connectivity index (χ4n) is 1.86. The summed E-state index contributed by atoms with van der Waals surface area (Å²) in [6.07, 6.45) is -4.32. The Hall–Kier alpha value is -2.24. The minimum Gasteiger partial charge on any atom is -0.298 e. The van der Waals surface area contributed by atoms with Crippen molar-refractivity contribution in [2.24, 2.45) is 0 Å². The second-order valence-corrected chi connectivity index (χ2v) is 4.43. The smallest absolute Gasteiger partial charge is 0.298 e. The SMILES string of the molecule is O=Cc1ccc(Cc2ccc(C(F)(F)F)cc2)c(F)c1F. The molecule has 0 aliphatic rings. The van der Waals surface area contributed by atoms with Crippen molar-refractivity contribution in [3.63, 3.8) is 0 Å². The van der Waals surface area contributed by atoms with Gasteiger partial charge in [0.05, 0.1) is 11.1 Å². The van der Waals surface area contributed by atoms with Crippen LogP contribution in [0.2, 0.25) is 0 Å². The predicted octanol–water partition coefficient (Wildman–Crippen LogP) is 4.39. The van der Waals surface area contributed by atoms with Crippen molar-refractivity contribution in [2.45, 2.75) is 12.6 Å². The summed E-state index contributed by atoms with van der Waals surface area (Å²) in [6, 6.07) is 6.53. The van der Waals surface area contributed by atoms with Crippen LogP contribution in [-0.2, 0) is 12.6 Å². The Kier molecular flexibility index (Phi) is 4.06. The molecule has 0 N–H and O–H groups in total. The van der Waals surface area contributed by atoms with E-state index >= 15 is 0 Å². The van der Waals surface area contributed by atoms with E-state index in [1.807, 2.05) is 0 Å². The summed E-state index contributed by atoms with van der Waals surface area (Å²) in [5.41, 5.74) is -0.837. The molecule has 0 spiro atoms. The topological polar surface area (TPSA) is 17.1 Å². The number of carbonyl (C=O) groups is 1. The van der Waals surface area contributed by atoms with Crippen LogP contribution in [0.4, 0.5) is 22.0 Å². The van der Waals surface area contributed by atoms with Crippen molar-refractivity contribution in [1.29, 1.82) is 0 Å². The third-order valence-electron chi connectivity index (χ3n) is 2.99. The molecule has 0 unspecified atom stereocenters. The van der Waals surface area contributed by atoms with E-state index in [1.54, 1.807) is 0 Å². The number of halogens is 5. The highest BCUT2D eigenvalue weighted by molar-refractivity contribution is 5.75. The number of rotatable bonds is 3. The van der Waals surface area contributed by atoms with Gasteiger partial charge in [0.15, 0.2) is 17.9 Å². The van der Waals surface area contributed by atoms with Crippen molar-refractivity contribution < 1.29 is 26.7 Å². The molecule has 110 valence electrons. The Balaban J connectivity index is 2.27. The van der Waals surface area contributed by atoms with Crippen molar-refractivity contribution in [1.82, 2.24) is 0 Å². The lowest BCUT2D eigenvalue weighted by atomic mass is 10.0. The van der Waals surface area contributed by atoms with Gasteiger partial charge in [-0.15, -0.1) is 0 Å². The molecule has 0 saturated heterocycles. The molecule has 0 radical (unpaired) electrons. The molecule has 0 fully saturated rings. The number of aldehydes is 1. The van der Waals surface area contributed by atoms with Gasteiger partial charge in [0, 0.05) is 6.42 Å². The van der Waals surface area contributed by atoms with Gasteiger partial charge in [-0.1, -0.05) is 18.2 Å². The number of hydrogen-bond donors (Lipinski definition) is 0. The minimum absolute atomic E-state index is 0.0298. The molecule has 0 aliphatic carbocycles. The standard InChI is InChI=1S/C15H9F5O/c16-13-10(3-4-11(8-21)14(13)17)7-9-1-5-12(6-2-9)15(18,19)20/h1-6,8H,7H2. The highest BCUT2D eigenvalue weighted by atomic mass is 19.4. The largest absolute Gasteiger partial charge is 0.416 e. The summed E-state index contributed by atoms with van der Waals surface area (Å²) in [7, 11) is 0. The van der Waals surface area contributed by atoms with E-state index in [1.165, 1.54) is 18.2 Å². The molecule has 0 amide bonds. The van der Waals surface area contributed by atoms with Gasteiger partial charge in [0.25, 0.3) is 0 Å². The van der Waals surface area contributed by atoms with Crippen LogP contribution in [0, 0.1) is 11.6 Å². The zero-order valence-electron chi connectivity index (χ0n) is 10.5. The van der Waals surface area contributed by atoms with Crippen molar-refractivity contribution >= 4 is 6.29 Å². The van der Waals surface area contributed by atoms with E-state index in [4.69, 9.17) is 0 Å². The van der Waals surface area contributed by atoms with Gasteiger partial charge in [0.1, 0.15) is 0 Å². The zero-order chi connectivity index (χ0) is 15.6. The number of alkyl halides is 3. The molecule has 2 aromatic rings. The number of benzene rings is 2. The molecule has 0 bridgehead atoms. The second-order valence-electron chi connectivity index (χ2n) is 4.43. The Morgan fingerprint density at radius 1 is 0.905 bits per heavy atom. The Bertz CT molecular complexity index is 659. The normalized spacial score (nSPS) is 11.5. The third kappa shape index (κ3) is 3.26. The first kappa shape index (κ1) is 15.2. The first-order valence-corrected chi connectivity index (χ1v) is 5.91. The van der Waals surface area contributed by atoms with Crippen molar-refractivity contribution in [3.05, 3.63) is 70.3 Å². The highest BCUT2D eigenvalue weighted by Crippen LogP contribution is 2.29. The lowest BCUT2D eigenvalue weighted by molar-refractivity contribution is -0.137. The minimum atomic E-state index is -4.44. The molecule has 0 saturated carbocycles. The lowest BCUT2D eigenvalue weighted by Crippen LogP contribution is -2.05. The van der Waals surface area contributed by atoms with E-state index in [0.717, 1.165) is 18.2 Å². The average Bonchev–Trinajstić information content (AvgIpc) is 2.44. The van der Waals surface area contributed by atoms with E-state index in [-0.39, 0.29) is 18.3 Å². The fourth-order valence-corrected chi connectivity index (χ4v) is 1.86. The summed E-state index contributed by atoms with van der Waals surface area (Å²) >= 11 is 0. The van der Waals surface area contributed by atoms with Gasteiger partial charge in [0.2, 0.25) is 0 Å². The van der Waals surface area contributed by atoms with Crippen LogP contribution < -0.4 is 0 Å². The molecule has 2 rings (SSSR count). The Labute approximate surface area is 117 Å². The van der Waals surface area contributed by atoms with Crippen LogP contribution in [0.1, 0.15) is 27.0 Å². The van der Waals surface area contributed by atoms with E-state index in [0.29, 0.717) is 5.56 Å². The second kappa shape index (κ2) is 5.63. The van der Waals surface area contributed by atoms with Crippen LogP contribution in [0.3, 0.4) is 0 Å². The maximum absolute atomic E-state index is 13.7.